The fraction of sp³-hybridized carbons (Fsp3) is 0.759. The van der Waals surface area contributed by atoms with E-state index in [4.69, 9.17) is 14.2 Å². The molecule has 34 heavy (non-hydrogen) atoms. The Bertz CT molecular complexity index is 699. The molecular weight excluding hydrogens is 428 g/mol. The maximum absolute atomic E-state index is 12.9. The van der Waals surface area contributed by atoms with Crippen molar-refractivity contribution in [3.8, 4) is 0 Å². The fourth-order valence-electron chi connectivity index (χ4n) is 5.34. The number of allylic oxidation sites excluding steroid dienone is 4. The van der Waals surface area contributed by atoms with Crippen molar-refractivity contribution in [1.82, 2.24) is 0 Å². The molecule has 192 valence electrons. The molecule has 0 spiro atoms. The monoisotopic (exact) mass is 474 g/mol. The van der Waals surface area contributed by atoms with E-state index < -0.39 is 6.10 Å². The molecule has 2 fully saturated rings. The van der Waals surface area contributed by atoms with Crippen LogP contribution in [0.2, 0.25) is 0 Å². The van der Waals surface area contributed by atoms with Crippen LogP contribution in [0.4, 0.5) is 0 Å². The Kier molecular flexibility index (Phi) is 11.4. The van der Waals surface area contributed by atoms with Gasteiger partial charge in [-0.1, -0.05) is 64.0 Å². The van der Waals surface area contributed by atoms with Gasteiger partial charge in [-0.05, 0) is 56.9 Å². The molecule has 0 amide bonds. The van der Waals surface area contributed by atoms with Crippen molar-refractivity contribution >= 4 is 5.97 Å². The molecule has 5 heteroatoms. The summed E-state index contributed by atoms with van der Waals surface area (Å²) in [6.45, 7) is 6.52. The highest BCUT2D eigenvalue weighted by Crippen LogP contribution is 2.31. The first kappa shape index (κ1) is 27.2. The fourth-order valence-corrected chi connectivity index (χ4v) is 5.34. The summed E-state index contributed by atoms with van der Waals surface area (Å²) in [4.78, 5) is 12.9. The van der Waals surface area contributed by atoms with E-state index in [2.05, 4.69) is 39.0 Å². The third-order valence-corrected chi connectivity index (χ3v) is 7.25. The van der Waals surface area contributed by atoms with Gasteiger partial charge in [0.05, 0.1) is 36.9 Å². The summed E-state index contributed by atoms with van der Waals surface area (Å²) < 4.78 is 18.6. The highest BCUT2D eigenvalue weighted by atomic mass is 16.6. The summed E-state index contributed by atoms with van der Waals surface area (Å²) in [7, 11) is 0. The molecule has 4 bridgehead atoms. The Morgan fingerprint density at radius 1 is 0.971 bits per heavy atom. The number of unbranched alkanes of at least 4 members (excludes halogenated alkanes) is 2. The molecule has 0 aliphatic carbocycles. The maximum atomic E-state index is 12.9. The van der Waals surface area contributed by atoms with E-state index in [1.165, 1.54) is 19.3 Å². The second-order valence-corrected chi connectivity index (χ2v) is 10.6. The summed E-state index contributed by atoms with van der Waals surface area (Å²) in [5, 5.41) is 10.4. The quantitative estimate of drug-likeness (QED) is 0.227. The number of aliphatic hydroxyl groups excluding tert-OH is 1. The zero-order valence-corrected chi connectivity index (χ0v) is 21.4. The Balaban J connectivity index is 1.74. The van der Waals surface area contributed by atoms with Crippen molar-refractivity contribution < 1.29 is 24.1 Å². The van der Waals surface area contributed by atoms with E-state index in [0.717, 1.165) is 32.1 Å². The molecule has 3 aliphatic heterocycles. The molecule has 0 aromatic carbocycles. The molecule has 3 heterocycles. The predicted octanol–water partition coefficient (Wildman–Crippen LogP) is 6.06. The molecule has 0 aromatic heterocycles. The summed E-state index contributed by atoms with van der Waals surface area (Å²) in [6, 6.07) is 0. The minimum absolute atomic E-state index is 0.0604. The minimum atomic E-state index is -0.444. The highest BCUT2D eigenvalue weighted by Gasteiger charge is 2.34. The van der Waals surface area contributed by atoms with Crippen molar-refractivity contribution in [2.45, 2.75) is 128 Å². The minimum Gasteiger partial charge on any atom is -0.457 e. The summed E-state index contributed by atoms with van der Waals surface area (Å²) >= 11 is 0. The van der Waals surface area contributed by atoms with Gasteiger partial charge >= 0.3 is 5.97 Å². The number of hydrogen-bond acceptors (Lipinski definition) is 5. The number of ether oxygens (including phenoxy) is 3. The van der Waals surface area contributed by atoms with Crippen LogP contribution < -0.4 is 0 Å². The van der Waals surface area contributed by atoms with E-state index in [1.54, 1.807) is 0 Å². The van der Waals surface area contributed by atoms with Crippen molar-refractivity contribution in [1.29, 1.82) is 0 Å². The third-order valence-electron chi connectivity index (χ3n) is 7.25. The average Bonchev–Trinajstić information content (AvgIpc) is 2.78. The third kappa shape index (κ3) is 9.31. The molecule has 3 aliphatic rings. The van der Waals surface area contributed by atoms with Crippen LogP contribution in [-0.4, -0.2) is 47.7 Å². The largest absolute Gasteiger partial charge is 0.457 e. The van der Waals surface area contributed by atoms with Crippen molar-refractivity contribution in [3.05, 3.63) is 36.5 Å². The number of hydrogen-bond donors (Lipinski definition) is 1. The van der Waals surface area contributed by atoms with Gasteiger partial charge in [0.2, 0.25) is 0 Å². The smallest absolute Gasteiger partial charge is 0.309 e. The van der Waals surface area contributed by atoms with Crippen LogP contribution in [-0.2, 0) is 19.0 Å². The van der Waals surface area contributed by atoms with E-state index >= 15 is 0 Å². The van der Waals surface area contributed by atoms with Gasteiger partial charge in [-0.25, -0.2) is 0 Å². The molecule has 0 radical (unpaired) electrons. The van der Waals surface area contributed by atoms with Crippen molar-refractivity contribution in [3.63, 3.8) is 0 Å². The van der Waals surface area contributed by atoms with E-state index in [9.17, 15) is 9.90 Å². The average molecular weight is 475 g/mol. The maximum Gasteiger partial charge on any atom is 0.309 e. The summed E-state index contributed by atoms with van der Waals surface area (Å²) in [5.74, 6) is 0.188. The lowest BCUT2D eigenvalue weighted by atomic mass is 9.90. The van der Waals surface area contributed by atoms with Crippen molar-refractivity contribution in [2.24, 2.45) is 11.8 Å². The Labute approximate surface area is 206 Å². The van der Waals surface area contributed by atoms with Gasteiger partial charge in [0, 0.05) is 12.3 Å². The molecular formula is C29H46O5. The van der Waals surface area contributed by atoms with Crippen molar-refractivity contribution in [2.75, 3.05) is 0 Å². The zero-order chi connectivity index (χ0) is 24.3. The van der Waals surface area contributed by atoms with E-state index in [0.29, 0.717) is 18.8 Å². The Morgan fingerprint density at radius 2 is 1.71 bits per heavy atom. The molecule has 0 aromatic rings. The van der Waals surface area contributed by atoms with Gasteiger partial charge in [0.15, 0.2) is 0 Å². The molecule has 5 nitrogen and oxygen atoms in total. The summed E-state index contributed by atoms with van der Waals surface area (Å²) in [6.07, 6.45) is 21.7. The van der Waals surface area contributed by atoms with Crippen LogP contribution in [0, 0.1) is 11.8 Å². The first-order chi connectivity index (χ1) is 16.4. The highest BCUT2D eigenvalue weighted by molar-refractivity contribution is 5.70. The topological polar surface area (TPSA) is 65.0 Å². The lowest BCUT2D eigenvalue weighted by Gasteiger charge is -2.37. The van der Waals surface area contributed by atoms with Gasteiger partial charge < -0.3 is 19.3 Å². The van der Waals surface area contributed by atoms with Gasteiger partial charge in [-0.15, -0.1) is 0 Å². The number of rotatable bonds is 5. The van der Waals surface area contributed by atoms with Crippen LogP contribution in [0.5, 0.6) is 0 Å². The zero-order valence-electron chi connectivity index (χ0n) is 21.4. The van der Waals surface area contributed by atoms with E-state index in [1.807, 2.05) is 18.2 Å². The predicted molar refractivity (Wildman–Crippen MR) is 135 cm³/mol. The molecule has 7 unspecified atom stereocenters. The van der Waals surface area contributed by atoms with E-state index in [-0.39, 0.29) is 48.8 Å². The first-order valence-electron chi connectivity index (χ1n) is 13.6. The number of carbonyl (C=O) groups is 1. The lowest BCUT2D eigenvalue weighted by Crippen LogP contribution is -2.40. The Hall–Kier alpha value is -1.43. The number of esters is 1. The van der Waals surface area contributed by atoms with Gasteiger partial charge in [0.1, 0.15) is 6.10 Å². The second kappa shape index (κ2) is 14.2. The van der Waals surface area contributed by atoms with Crippen LogP contribution in [0.25, 0.3) is 0 Å². The lowest BCUT2D eigenvalue weighted by molar-refractivity contribution is -0.161. The number of carbonyl (C=O) groups excluding carboxylic acids is 1. The van der Waals surface area contributed by atoms with Gasteiger partial charge in [-0.3, -0.25) is 4.79 Å². The van der Waals surface area contributed by atoms with Crippen LogP contribution in [0.15, 0.2) is 36.5 Å². The molecule has 8 atom stereocenters. The molecule has 2 saturated heterocycles. The molecule has 1 N–H and O–H groups in total. The van der Waals surface area contributed by atoms with Gasteiger partial charge in [0.25, 0.3) is 0 Å². The first-order valence-corrected chi connectivity index (χ1v) is 13.6. The van der Waals surface area contributed by atoms with Gasteiger partial charge in [-0.2, -0.15) is 0 Å². The molecule has 3 rings (SSSR count). The van der Waals surface area contributed by atoms with Crippen LogP contribution in [0.1, 0.15) is 91.4 Å². The van der Waals surface area contributed by atoms with Crippen LogP contribution >= 0.6 is 0 Å². The normalized spacial score (nSPS) is 39.2. The summed E-state index contributed by atoms with van der Waals surface area (Å²) in [5.41, 5.74) is 0. The second-order valence-electron chi connectivity index (χ2n) is 10.6. The SMILES string of the molecule is CCCC/C=C/C=C/C1OC(=O)CC2CC(O)CC(CC3CCCC(C[C@@H](C)/C=C/C1C)O3)O2. The van der Waals surface area contributed by atoms with Crippen LogP contribution in [0.3, 0.4) is 0 Å². The standard InChI is InChI=1S/C29H46O5/c1-4-5-6-7-8-9-13-28-22(3)15-14-21(2)16-24-11-10-12-25(32-24)19-26-17-23(30)18-27(33-26)20-29(31)34-28/h7-9,13-15,21-28,30H,4-6,10-12,16-20H2,1-3H3/b8-7+,13-9+,15-14+/t21-,22?,23?,24?,25?,26?,27?,28?/m0/s1. The number of aliphatic hydroxyl groups is 1. The Morgan fingerprint density at radius 3 is 2.50 bits per heavy atom. The number of fused-ring (bicyclic) bond motifs is 4. The number of cyclic esters (lactones) is 1. The molecule has 0 saturated carbocycles.